The van der Waals surface area contributed by atoms with Gasteiger partial charge in [0.1, 0.15) is 0 Å². The van der Waals surface area contributed by atoms with Crippen LogP contribution >= 0.6 is 11.6 Å². The first-order chi connectivity index (χ1) is 12.2. The molecule has 2 N–H and O–H groups in total. The van der Waals surface area contributed by atoms with Crippen molar-refractivity contribution in [3.63, 3.8) is 0 Å². The zero-order valence-electron chi connectivity index (χ0n) is 13.3. The second-order valence-electron chi connectivity index (χ2n) is 6.20. The lowest BCUT2D eigenvalue weighted by Gasteiger charge is -2.34. The topological polar surface area (TPSA) is 83.6 Å². The quantitative estimate of drug-likeness (QED) is 0.749. The molecule has 1 saturated carbocycles. The van der Waals surface area contributed by atoms with E-state index in [1.54, 1.807) is 18.5 Å². The Morgan fingerprint density at radius 1 is 1.16 bits per heavy atom. The summed E-state index contributed by atoms with van der Waals surface area (Å²) in [6.45, 7) is 0. The van der Waals surface area contributed by atoms with Gasteiger partial charge in [-0.1, -0.05) is 23.7 Å². The summed E-state index contributed by atoms with van der Waals surface area (Å²) in [6, 6.07) is 11.5. The van der Waals surface area contributed by atoms with Gasteiger partial charge in [-0.25, -0.2) is 0 Å². The number of benzene rings is 1. The Hall–Kier alpha value is -2.73. The molecule has 1 aliphatic rings. The summed E-state index contributed by atoms with van der Waals surface area (Å²) in [5.74, 6) is 0.969. The van der Waals surface area contributed by atoms with E-state index in [1.165, 1.54) is 5.56 Å². The fourth-order valence-corrected chi connectivity index (χ4v) is 3.18. The molecule has 1 aliphatic carbocycles. The monoisotopic (exact) mass is 353 g/mol. The van der Waals surface area contributed by atoms with Gasteiger partial charge in [0.15, 0.2) is 5.82 Å². The molecule has 1 aromatic carbocycles. The summed E-state index contributed by atoms with van der Waals surface area (Å²) < 4.78 is 0. The molecule has 1 fully saturated rings. The molecule has 6 nitrogen and oxygen atoms in total. The number of rotatable bonds is 4. The first-order valence-corrected chi connectivity index (χ1v) is 8.45. The largest absolute Gasteiger partial charge is 0.309 e. The van der Waals surface area contributed by atoms with E-state index >= 15 is 0 Å². The number of H-pyrrole nitrogens is 1. The molecule has 0 radical (unpaired) electrons. The zero-order valence-corrected chi connectivity index (χ0v) is 14.1. The molecule has 1 amide bonds. The molecular formula is C18H16ClN5O. The summed E-state index contributed by atoms with van der Waals surface area (Å²) in [5, 5.41) is 18.2. The highest BCUT2D eigenvalue weighted by molar-refractivity contribution is 6.30. The molecule has 25 heavy (non-hydrogen) atoms. The molecule has 0 saturated heterocycles. The van der Waals surface area contributed by atoms with Gasteiger partial charge in [0.05, 0.1) is 18.1 Å². The minimum absolute atomic E-state index is 0.0103. The van der Waals surface area contributed by atoms with Crippen LogP contribution in [0.2, 0.25) is 5.02 Å². The van der Waals surface area contributed by atoms with Gasteiger partial charge in [0.25, 0.3) is 0 Å². The summed E-state index contributed by atoms with van der Waals surface area (Å²) >= 11 is 5.91. The molecule has 0 spiro atoms. The van der Waals surface area contributed by atoms with E-state index in [9.17, 15) is 4.79 Å². The van der Waals surface area contributed by atoms with Crippen molar-refractivity contribution in [2.24, 2.45) is 5.92 Å². The normalized spacial score (nSPS) is 19.2. The second kappa shape index (κ2) is 6.64. The number of anilines is 1. The minimum atomic E-state index is 0.0103. The average molecular weight is 354 g/mol. The average Bonchev–Trinajstić information content (AvgIpc) is 3.04. The predicted octanol–water partition coefficient (Wildman–Crippen LogP) is 3.65. The van der Waals surface area contributed by atoms with Crippen molar-refractivity contribution in [3.8, 4) is 11.3 Å². The van der Waals surface area contributed by atoms with Gasteiger partial charge in [0.2, 0.25) is 5.91 Å². The van der Waals surface area contributed by atoms with Gasteiger partial charge in [-0.15, -0.1) is 0 Å². The van der Waals surface area contributed by atoms with Gasteiger partial charge in [0, 0.05) is 22.6 Å². The van der Waals surface area contributed by atoms with Crippen molar-refractivity contribution in [2.75, 3.05) is 5.32 Å². The maximum absolute atomic E-state index is 12.4. The number of aromatic amines is 1. The Balaban J connectivity index is 1.34. The smallest absolute Gasteiger partial charge is 0.228 e. The molecule has 2 heterocycles. The van der Waals surface area contributed by atoms with Gasteiger partial charge in [-0.05, 0) is 42.5 Å². The molecule has 4 rings (SSSR count). The van der Waals surface area contributed by atoms with Crippen LogP contribution in [-0.4, -0.2) is 26.3 Å². The second-order valence-corrected chi connectivity index (χ2v) is 6.64. The minimum Gasteiger partial charge on any atom is -0.309 e. The van der Waals surface area contributed by atoms with Crippen molar-refractivity contribution in [1.82, 2.24) is 20.4 Å². The van der Waals surface area contributed by atoms with Crippen LogP contribution in [0.1, 0.15) is 24.3 Å². The highest BCUT2D eigenvalue weighted by Crippen LogP contribution is 2.42. The number of carbonyl (C=O) groups excluding carboxylic acids is 1. The standard InChI is InChI=1S/C18H16ClN5O/c19-15-3-1-11(2-4-15)13-7-14(8-13)18(25)22-17-9-16(23-24-17)12-5-6-20-21-10-12/h1-6,9-10,13-14H,7-8H2,(H2,22,23,24,25). The number of aromatic nitrogens is 4. The summed E-state index contributed by atoms with van der Waals surface area (Å²) in [5.41, 5.74) is 2.90. The third-order valence-electron chi connectivity index (χ3n) is 4.57. The highest BCUT2D eigenvalue weighted by Gasteiger charge is 2.35. The molecule has 0 bridgehead atoms. The maximum atomic E-state index is 12.4. The van der Waals surface area contributed by atoms with E-state index in [4.69, 9.17) is 11.6 Å². The Kier molecular flexibility index (Phi) is 4.19. The van der Waals surface area contributed by atoms with Crippen LogP contribution in [0.25, 0.3) is 11.3 Å². The number of hydrogen-bond acceptors (Lipinski definition) is 4. The van der Waals surface area contributed by atoms with Gasteiger partial charge in [-0.3, -0.25) is 9.89 Å². The third kappa shape index (κ3) is 3.39. The predicted molar refractivity (Wildman–Crippen MR) is 95.2 cm³/mol. The van der Waals surface area contributed by atoms with Crippen LogP contribution in [0, 0.1) is 5.92 Å². The Morgan fingerprint density at radius 3 is 2.68 bits per heavy atom. The summed E-state index contributed by atoms with van der Waals surface area (Å²) in [7, 11) is 0. The van der Waals surface area contributed by atoms with Crippen molar-refractivity contribution in [3.05, 3.63) is 59.4 Å². The molecule has 0 atom stereocenters. The van der Waals surface area contributed by atoms with Crippen molar-refractivity contribution >= 4 is 23.3 Å². The van der Waals surface area contributed by atoms with Crippen molar-refractivity contribution in [1.29, 1.82) is 0 Å². The van der Waals surface area contributed by atoms with Crippen LogP contribution in [0.15, 0.2) is 48.8 Å². The molecule has 2 aromatic heterocycles. The summed E-state index contributed by atoms with van der Waals surface area (Å²) in [6.07, 6.45) is 4.94. The van der Waals surface area contributed by atoms with Crippen LogP contribution in [0.3, 0.4) is 0 Å². The Labute approximate surface area is 149 Å². The fraction of sp³-hybridized carbons (Fsp3) is 0.222. The van der Waals surface area contributed by atoms with Crippen molar-refractivity contribution in [2.45, 2.75) is 18.8 Å². The number of carbonyl (C=O) groups is 1. The molecule has 0 unspecified atom stereocenters. The Morgan fingerprint density at radius 2 is 1.96 bits per heavy atom. The van der Waals surface area contributed by atoms with Gasteiger partial charge in [-0.2, -0.15) is 15.3 Å². The lowest BCUT2D eigenvalue weighted by Crippen LogP contribution is -2.33. The highest BCUT2D eigenvalue weighted by atomic mass is 35.5. The van der Waals surface area contributed by atoms with E-state index in [0.717, 1.165) is 29.1 Å². The number of amides is 1. The van der Waals surface area contributed by atoms with E-state index in [-0.39, 0.29) is 11.8 Å². The van der Waals surface area contributed by atoms with Crippen molar-refractivity contribution < 1.29 is 4.79 Å². The molecule has 7 heteroatoms. The van der Waals surface area contributed by atoms with E-state index in [0.29, 0.717) is 11.7 Å². The number of nitrogens with zero attached hydrogens (tertiary/aromatic N) is 3. The van der Waals surface area contributed by atoms with Crippen LogP contribution < -0.4 is 5.32 Å². The van der Waals surface area contributed by atoms with Crippen LogP contribution in [0.5, 0.6) is 0 Å². The molecule has 0 aliphatic heterocycles. The number of nitrogens with one attached hydrogen (secondary N) is 2. The zero-order chi connectivity index (χ0) is 17.2. The SMILES string of the molecule is O=C(Nc1cc(-c2ccnnc2)[nH]n1)C1CC(c2ccc(Cl)cc2)C1. The lowest BCUT2D eigenvalue weighted by atomic mass is 9.71. The van der Waals surface area contributed by atoms with Gasteiger partial charge >= 0.3 is 0 Å². The molecule has 126 valence electrons. The first kappa shape index (κ1) is 15.8. The summed E-state index contributed by atoms with van der Waals surface area (Å²) in [4.78, 5) is 12.4. The maximum Gasteiger partial charge on any atom is 0.228 e. The molecular weight excluding hydrogens is 338 g/mol. The number of hydrogen-bond donors (Lipinski definition) is 2. The van der Waals surface area contributed by atoms with Crippen LogP contribution in [0.4, 0.5) is 5.82 Å². The van der Waals surface area contributed by atoms with Gasteiger partial charge < -0.3 is 5.32 Å². The van der Waals surface area contributed by atoms with E-state index < -0.39 is 0 Å². The van der Waals surface area contributed by atoms with E-state index in [1.807, 2.05) is 30.3 Å². The van der Waals surface area contributed by atoms with Crippen LogP contribution in [-0.2, 0) is 4.79 Å². The fourth-order valence-electron chi connectivity index (χ4n) is 3.05. The third-order valence-corrected chi connectivity index (χ3v) is 4.83. The first-order valence-electron chi connectivity index (χ1n) is 8.08. The van der Waals surface area contributed by atoms with E-state index in [2.05, 4.69) is 25.7 Å². The number of halogens is 1. The Bertz CT molecular complexity index is 872. The lowest BCUT2D eigenvalue weighted by molar-refractivity contribution is -0.122. The molecule has 3 aromatic rings.